The van der Waals surface area contributed by atoms with E-state index < -0.39 is 17.2 Å². The van der Waals surface area contributed by atoms with Crippen molar-refractivity contribution in [1.29, 1.82) is 0 Å². The number of aliphatic hydroxyl groups is 1. The SMILES string of the molecule is CCCC1(O)C=CC(C2CCC(COc3ccc(OCC)c(F)c3F)CC2)CC1. The molecule has 162 valence electrons. The molecule has 2 atom stereocenters. The van der Waals surface area contributed by atoms with Gasteiger partial charge in [-0.3, -0.25) is 0 Å². The first kappa shape index (κ1) is 22.1. The van der Waals surface area contributed by atoms with Gasteiger partial charge in [0, 0.05) is 0 Å². The molecule has 2 aliphatic carbocycles. The molecular weight excluding hydrogens is 374 g/mol. The molecule has 3 nitrogen and oxygen atoms in total. The first-order valence-corrected chi connectivity index (χ1v) is 11.1. The standard InChI is InChI=1S/C24H34F2O3/c1-3-13-24(27)14-11-19(12-15-24)18-7-5-17(6-8-18)16-29-21-10-9-20(28-4-2)22(25)23(21)26/h9-11,14,17-19,27H,3-8,12-13,15-16H2,1-2H3. The van der Waals surface area contributed by atoms with Crippen LogP contribution < -0.4 is 9.47 Å². The van der Waals surface area contributed by atoms with Crippen molar-refractivity contribution in [1.82, 2.24) is 0 Å². The Kier molecular flexibility index (Phi) is 7.55. The van der Waals surface area contributed by atoms with Gasteiger partial charge >= 0.3 is 0 Å². The molecule has 29 heavy (non-hydrogen) atoms. The van der Waals surface area contributed by atoms with Gasteiger partial charge in [0.05, 0.1) is 18.8 Å². The highest BCUT2D eigenvalue weighted by Crippen LogP contribution is 2.40. The number of rotatable bonds is 8. The molecule has 1 N–H and O–H groups in total. The lowest BCUT2D eigenvalue weighted by atomic mass is 9.71. The van der Waals surface area contributed by atoms with E-state index in [-0.39, 0.29) is 18.1 Å². The zero-order valence-electron chi connectivity index (χ0n) is 17.6. The summed E-state index contributed by atoms with van der Waals surface area (Å²) in [4.78, 5) is 0. The van der Waals surface area contributed by atoms with Gasteiger partial charge in [-0.2, -0.15) is 8.78 Å². The van der Waals surface area contributed by atoms with E-state index >= 15 is 0 Å². The highest BCUT2D eigenvalue weighted by atomic mass is 19.2. The van der Waals surface area contributed by atoms with E-state index in [1.807, 2.05) is 6.08 Å². The Balaban J connectivity index is 1.47. The lowest BCUT2D eigenvalue weighted by Crippen LogP contribution is -2.32. The topological polar surface area (TPSA) is 38.7 Å². The van der Waals surface area contributed by atoms with E-state index in [4.69, 9.17) is 9.47 Å². The molecule has 1 aromatic carbocycles. The fraction of sp³-hybridized carbons (Fsp3) is 0.667. The second-order valence-corrected chi connectivity index (χ2v) is 8.63. The molecule has 0 radical (unpaired) electrons. The Bertz CT molecular complexity index is 698. The van der Waals surface area contributed by atoms with E-state index in [0.29, 0.717) is 24.4 Å². The van der Waals surface area contributed by atoms with Crippen LogP contribution in [-0.2, 0) is 0 Å². The first-order valence-electron chi connectivity index (χ1n) is 11.1. The maximum atomic E-state index is 14.2. The van der Waals surface area contributed by atoms with Crippen LogP contribution in [0.5, 0.6) is 11.5 Å². The molecule has 0 amide bonds. The van der Waals surface area contributed by atoms with Crippen LogP contribution in [0.15, 0.2) is 24.3 Å². The molecule has 0 aromatic heterocycles. The monoisotopic (exact) mass is 408 g/mol. The number of benzene rings is 1. The highest BCUT2D eigenvalue weighted by molar-refractivity contribution is 5.35. The fourth-order valence-electron chi connectivity index (χ4n) is 4.82. The fourth-order valence-corrected chi connectivity index (χ4v) is 4.82. The van der Waals surface area contributed by atoms with Crippen molar-refractivity contribution in [2.45, 2.75) is 70.8 Å². The van der Waals surface area contributed by atoms with E-state index in [9.17, 15) is 13.9 Å². The number of halogens is 2. The summed E-state index contributed by atoms with van der Waals surface area (Å²) in [6.07, 6.45) is 12.3. The molecule has 5 heteroatoms. The lowest BCUT2D eigenvalue weighted by molar-refractivity contribution is 0.0509. The average molecular weight is 409 g/mol. The van der Waals surface area contributed by atoms with Crippen LogP contribution in [0, 0.1) is 29.4 Å². The minimum Gasteiger partial charge on any atom is -0.491 e. The second-order valence-electron chi connectivity index (χ2n) is 8.63. The average Bonchev–Trinajstić information content (AvgIpc) is 2.72. The summed E-state index contributed by atoms with van der Waals surface area (Å²) in [5.74, 6) is -0.524. The van der Waals surface area contributed by atoms with Crippen LogP contribution in [0.3, 0.4) is 0 Å². The van der Waals surface area contributed by atoms with Crippen molar-refractivity contribution in [3.63, 3.8) is 0 Å². The van der Waals surface area contributed by atoms with Gasteiger partial charge in [-0.1, -0.05) is 25.5 Å². The van der Waals surface area contributed by atoms with Crippen LogP contribution in [-0.4, -0.2) is 23.9 Å². The van der Waals surface area contributed by atoms with Crippen molar-refractivity contribution in [3.8, 4) is 11.5 Å². The Labute approximate surface area is 173 Å². The van der Waals surface area contributed by atoms with Gasteiger partial charge in [0.2, 0.25) is 11.6 Å². The summed E-state index contributed by atoms with van der Waals surface area (Å²) in [5.41, 5.74) is -0.604. The molecule has 1 aromatic rings. The molecule has 0 spiro atoms. The molecule has 0 aliphatic heterocycles. The summed E-state index contributed by atoms with van der Waals surface area (Å²) in [6.45, 7) is 4.53. The number of allylic oxidation sites excluding steroid dienone is 1. The van der Waals surface area contributed by atoms with Gasteiger partial charge in [0.15, 0.2) is 11.5 Å². The van der Waals surface area contributed by atoms with Crippen molar-refractivity contribution in [2.24, 2.45) is 17.8 Å². The number of hydrogen-bond acceptors (Lipinski definition) is 3. The zero-order chi connectivity index (χ0) is 20.9. The number of hydrogen-bond donors (Lipinski definition) is 1. The van der Waals surface area contributed by atoms with Crippen molar-refractivity contribution >= 4 is 0 Å². The van der Waals surface area contributed by atoms with Gasteiger partial charge in [0.1, 0.15) is 0 Å². The maximum absolute atomic E-state index is 14.2. The van der Waals surface area contributed by atoms with Crippen LogP contribution in [0.4, 0.5) is 8.78 Å². The van der Waals surface area contributed by atoms with E-state index in [1.54, 1.807) is 6.92 Å². The van der Waals surface area contributed by atoms with Crippen molar-refractivity contribution in [2.75, 3.05) is 13.2 Å². The highest BCUT2D eigenvalue weighted by Gasteiger charge is 2.33. The third-order valence-corrected chi connectivity index (χ3v) is 6.53. The maximum Gasteiger partial charge on any atom is 0.204 e. The van der Waals surface area contributed by atoms with Crippen molar-refractivity contribution in [3.05, 3.63) is 35.9 Å². The zero-order valence-corrected chi connectivity index (χ0v) is 17.6. The molecule has 1 fully saturated rings. The van der Waals surface area contributed by atoms with Crippen LogP contribution in [0.2, 0.25) is 0 Å². The van der Waals surface area contributed by atoms with Gasteiger partial charge in [0.25, 0.3) is 0 Å². The predicted octanol–water partition coefficient (Wildman–Crippen LogP) is 6.05. The first-order chi connectivity index (χ1) is 14.0. The normalized spacial score (nSPS) is 29.6. The summed E-state index contributed by atoms with van der Waals surface area (Å²) in [6, 6.07) is 2.86. The summed E-state index contributed by atoms with van der Waals surface area (Å²) in [5, 5.41) is 10.5. The van der Waals surface area contributed by atoms with Gasteiger partial charge in [-0.05, 0) is 81.8 Å². The Hall–Kier alpha value is -1.62. The Morgan fingerprint density at radius 3 is 2.21 bits per heavy atom. The van der Waals surface area contributed by atoms with E-state index in [1.165, 1.54) is 12.1 Å². The molecule has 3 rings (SSSR count). The quantitative estimate of drug-likeness (QED) is 0.533. The van der Waals surface area contributed by atoms with Gasteiger partial charge < -0.3 is 14.6 Å². The predicted molar refractivity (Wildman–Crippen MR) is 110 cm³/mol. The smallest absolute Gasteiger partial charge is 0.204 e. The Morgan fingerprint density at radius 1 is 1.00 bits per heavy atom. The Morgan fingerprint density at radius 2 is 1.66 bits per heavy atom. The lowest BCUT2D eigenvalue weighted by Gasteiger charge is -2.37. The van der Waals surface area contributed by atoms with Gasteiger partial charge in [-0.25, -0.2) is 0 Å². The largest absolute Gasteiger partial charge is 0.491 e. The summed E-state index contributed by atoms with van der Waals surface area (Å²) in [7, 11) is 0. The molecule has 2 unspecified atom stereocenters. The number of ether oxygens (including phenoxy) is 2. The third kappa shape index (κ3) is 5.50. The minimum atomic E-state index is -0.986. The third-order valence-electron chi connectivity index (χ3n) is 6.53. The molecule has 0 bridgehead atoms. The van der Waals surface area contributed by atoms with Crippen molar-refractivity contribution < 1.29 is 23.4 Å². The molecular formula is C24H34F2O3. The van der Waals surface area contributed by atoms with E-state index in [2.05, 4.69) is 13.0 Å². The van der Waals surface area contributed by atoms with E-state index in [0.717, 1.165) is 51.4 Å². The molecule has 2 aliphatic rings. The molecule has 0 heterocycles. The molecule has 0 saturated heterocycles. The summed E-state index contributed by atoms with van der Waals surface area (Å²) >= 11 is 0. The minimum absolute atomic E-state index is 0.0431. The second kappa shape index (κ2) is 9.92. The van der Waals surface area contributed by atoms with Gasteiger partial charge in [-0.15, -0.1) is 0 Å². The summed E-state index contributed by atoms with van der Waals surface area (Å²) < 4.78 is 38.8. The van der Waals surface area contributed by atoms with Crippen LogP contribution in [0.1, 0.15) is 65.2 Å². The molecule has 1 saturated carbocycles. The van der Waals surface area contributed by atoms with Crippen LogP contribution in [0.25, 0.3) is 0 Å². The van der Waals surface area contributed by atoms with Crippen LogP contribution >= 0.6 is 0 Å².